The lowest BCUT2D eigenvalue weighted by Gasteiger charge is -2.41. The van der Waals surface area contributed by atoms with E-state index in [1.165, 1.54) is 5.69 Å². The van der Waals surface area contributed by atoms with Gasteiger partial charge in [-0.1, -0.05) is 6.07 Å². The monoisotopic (exact) mass is 220 g/mol. The van der Waals surface area contributed by atoms with Gasteiger partial charge in [-0.15, -0.1) is 0 Å². The number of hydrogen-bond donors (Lipinski definition) is 2. The van der Waals surface area contributed by atoms with Crippen molar-refractivity contribution in [3.8, 4) is 0 Å². The predicted octanol–water partition coefficient (Wildman–Crippen LogP) is 2.21. The van der Waals surface area contributed by atoms with Crippen LogP contribution >= 0.6 is 0 Å². The maximum Gasteiger partial charge on any atom is 0.0682 e. The Labute approximate surface area is 97.1 Å². The number of anilines is 2. The summed E-state index contributed by atoms with van der Waals surface area (Å²) >= 11 is 0. The molecular weight excluding hydrogens is 200 g/mol. The first kappa shape index (κ1) is 11.3. The van der Waals surface area contributed by atoms with Crippen LogP contribution in [0.1, 0.15) is 26.3 Å². The quantitative estimate of drug-likeness (QED) is 0.802. The number of nitrogens with one attached hydrogen (secondary N) is 1. The van der Waals surface area contributed by atoms with E-state index >= 15 is 0 Å². The van der Waals surface area contributed by atoms with E-state index in [0.717, 1.165) is 24.3 Å². The molecule has 1 heterocycles. The van der Waals surface area contributed by atoms with Crippen molar-refractivity contribution in [2.24, 2.45) is 0 Å². The van der Waals surface area contributed by atoms with Gasteiger partial charge in [-0.05, 0) is 38.5 Å². The van der Waals surface area contributed by atoms with Gasteiger partial charge in [0, 0.05) is 18.6 Å². The van der Waals surface area contributed by atoms with E-state index in [1.54, 1.807) is 0 Å². The summed E-state index contributed by atoms with van der Waals surface area (Å²) in [6.45, 7) is 8.69. The summed E-state index contributed by atoms with van der Waals surface area (Å²) in [5.74, 6) is 0. The molecule has 1 aliphatic rings. The van der Waals surface area contributed by atoms with Gasteiger partial charge < -0.3 is 15.3 Å². The molecule has 1 aromatic carbocycles. The second-order valence-corrected chi connectivity index (χ2v) is 5.03. The molecule has 2 rings (SSSR count). The highest BCUT2D eigenvalue weighted by Crippen LogP contribution is 2.34. The highest BCUT2D eigenvalue weighted by molar-refractivity contribution is 5.74. The van der Waals surface area contributed by atoms with Crippen LogP contribution in [0.5, 0.6) is 0 Å². The fourth-order valence-corrected chi connectivity index (χ4v) is 2.31. The zero-order valence-corrected chi connectivity index (χ0v) is 10.2. The molecule has 0 atom stereocenters. The minimum Gasteiger partial charge on any atom is -0.392 e. The maximum atomic E-state index is 9.15. The van der Waals surface area contributed by atoms with Crippen molar-refractivity contribution in [3.05, 3.63) is 23.8 Å². The maximum absolute atomic E-state index is 9.15. The molecule has 16 heavy (non-hydrogen) atoms. The summed E-state index contributed by atoms with van der Waals surface area (Å²) in [6, 6.07) is 6.12. The summed E-state index contributed by atoms with van der Waals surface area (Å²) in [5, 5.41) is 12.7. The van der Waals surface area contributed by atoms with Crippen LogP contribution < -0.4 is 10.2 Å². The molecular formula is C13H20N2O. The van der Waals surface area contributed by atoms with Crippen LogP contribution in [0.15, 0.2) is 18.2 Å². The molecule has 88 valence electrons. The number of nitrogens with zero attached hydrogens (tertiary/aromatic N) is 1. The summed E-state index contributed by atoms with van der Waals surface area (Å²) in [6.07, 6.45) is 0. The zero-order chi connectivity index (χ0) is 11.8. The van der Waals surface area contributed by atoms with Crippen molar-refractivity contribution in [1.82, 2.24) is 0 Å². The van der Waals surface area contributed by atoms with Crippen LogP contribution in [0.25, 0.3) is 0 Å². The first-order valence-corrected chi connectivity index (χ1v) is 5.82. The minimum absolute atomic E-state index is 0.0804. The number of aliphatic hydroxyl groups excluding tert-OH is 1. The highest BCUT2D eigenvalue weighted by atomic mass is 16.3. The van der Waals surface area contributed by atoms with Crippen LogP contribution in [-0.4, -0.2) is 23.7 Å². The Morgan fingerprint density at radius 1 is 1.44 bits per heavy atom. The molecule has 0 fully saturated rings. The van der Waals surface area contributed by atoms with Gasteiger partial charge in [-0.3, -0.25) is 0 Å². The fraction of sp³-hybridized carbons (Fsp3) is 0.538. The van der Waals surface area contributed by atoms with Crippen molar-refractivity contribution in [2.45, 2.75) is 32.9 Å². The smallest absolute Gasteiger partial charge is 0.0682 e. The van der Waals surface area contributed by atoms with Crippen LogP contribution in [-0.2, 0) is 6.61 Å². The topological polar surface area (TPSA) is 35.5 Å². The number of likely N-dealkylation sites (N-methyl/N-ethyl adjacent to an activating group) is 1. The number of benzene rings is 1. The van der Waals surface area contributed by atoms with Crippen molar-refractivity contribution < 1.29 is 5.11 Å². The van der Waals surface area contributed by atoms with E-state index in [9.17, 15) is 0 Å². The molecule has 0 spiro atoms. The summed E-state index contributed by atoms with van der Waals surface area (Å²) in [4.78, 5) is 2.37. The van der Waals surface area contributed by atoms with Crippen molar-refractivity contribution in [1.29, 1.82) is 0 Å². The third-order valence-corrected chi connectivity index (χ3v) is 3.03. The molecule has 1 aromatic rings. The Hall–Kier alpha value is -1.22. The van der Waals surface area contributed by atoms with Gasteiger partial charge in [0.1, 0.15) is 0 Å². The Kier molecular flexibility index (Phi) is 2.80. The van der Waals surface area contributed by atoms with E-state index in [1.807, 2.05) is 12.1 Å². The van der Waals surface area contributed by atoms with Gasteiger partial charge in [0.15, 0.2) is 0 Å². The first-order chi connectivity index (χ1) is 7.55. The van der Waals surface area contributed by atoms with Crippen molar-refractivity contribution in [3.63, 3.8) is 0 Å². The zero-order valence-electron chi connectivity index (χ0n) is 10.2. The molecule has 0 amide bonds. The molecule has 3 heteroatoms. The van der Waals surface area contributed by atoms with E-state index in [-0.39, 0.29) is 12.1 Å². The lowest BCUT2D eigenvalue weighted by Crippen LogP contribution is -2.48. The van der Waals surface area contributed by atoms with Gasteiger partial charge in [-0.2, -0.15) is 0 Å². The standard InChI is InChI=1S/C13H20N2O/c1-4-15-9-13(2,3)14-11-7-10(8-16)5-6-12(11)15/h5-7,14,16H,4,8-9H2,1-3H3. The SMILES string of the molecule is CCN1CC(C)(C)Nc2cc(CO)ccc21. The second-order valence-electron chi connectivity index (χ2n) is 5.03. The Morgan fingerprint density at radius 3 is 2.81 bits per heavy atom. The van der Waals surface area contributed by atoms with Gasteiger partial charge in [0.25, 0.3) is 0 Å². The Morgan fingerprint density at radius 2 is 2.19 bits per heavy atom. The Balaban J connectivity index is 2.42. The molecule has 3 nitrogen and oxygen atoms in total. The molecule has 0 aromatic heterocycles. The van der Waals surface area contributed by atoms with Gasteiger partial charge in [-0.25, -0.2) is 0 Å². The molecule has 0 saturated carbocycles. The largest absolute Gasteiger partial charge is 0.392 e. The van der Waals surface area contributed by atoms with Crippen LogP contribution in [0.4, 0.5) is 11.4 Å². The lowest BCUT2D eigenvalue weighted by molar-refractivity contribution is 0.282. The number of fused-ring (bicyclic) bond motifs is 1. The molecule has 0 unspecified atom stereocenters. The Bertz CT molecular complexity index is 388. The average Bonchev–Trinajstić information content (AvgIpc) is 2.25. The molecule has 0 aliphatic carbocycles. The average molecular weight is 220 g/mol. The van der Waals surface area contributed by atoms with Gasteiger partial charge in [0.05, 0.1) is 18.0 Å². The first-order valence-electron chi connectivity index (χ1n) is 5.82. The van der Waals surface area contributed by atoms with E-state index in [2.05, 4.69) is 37.1 Å². The van der Waals surface area contributed by atoms with E-state index < -0.39 is 0 Å². The number of rotatable bonds is 2. The highest BCUT2D eigenvalue weighted by Gasteiger charge is 2.28. The summed E-state index contributed by atoms with van der Waals surface area (Å²) in [7, 11) is 0. The van der Waals surface area contributed by atoms with Crippen LogP contribution in [0.2, 0.25) is 0 Å². The van der Waals surface area contributed by atoms with Gasteiger partial charge in [0.2, 0.25) is 0 Å². The molecule has 0 radical (unpaired) electrons. The van der Waals surface area contributed by atoms with Crippen LogP contribution in [0, 0.1) is 0 Å². The minimum atomic E-state index is 0.0804. The lowest BCUT2D eigenvalue weighted by atomic mass is 9.98. The molecule has 0 bridgehead atoms. The number of aliphatic hydroxyl groups is 1. The second kappa shape index (κ2) is 3.98. The predicted molar refractivity (Wildman–Crippen MR) is 68.0 cm³/mol. The van der Waals surface area contributed by atoms with Crippen LogP contribution in [0.3, 0.4) is 0 Å². The van der Waals surface area contributed by atoms with E-state index in [0.29, 0.717) is 0 Å². The number of hydrogen-bond acceptors (Lipinski definition) is 3. The molecule has 2 N–H and O–H groups in total. The van der Waals surface area contributed by atoms with Crippen molar-refractivity contribution in [2.75, 3.05) is 23.3 Å². The summed E-state index contributed by atoms with van der Waals surface area (Å²) in [5.41, 5.74) is 3.40. The normalized spacial score (nSPS) is 17.9. The van der Waals surface area contributed by atoms with Crippen molar-refractivity contribution >= 4 is 11.4 Å². The third-order valence-electron chi connectivity index (χ3n) is 3.03. The fourth-order valence-electron chi connectivity index (χ4n) is 2.31. The summed E-state index contributed by atoms with van der Waals surface area (Å²) < 4.78 is 0. The molecule has 1 aliphatic heterocycles. The van der Waals surface area contributed by atoms with Gasteiger partial charge >= 0.3 is 0 Å². The third kappa shape index (κ3) is 2.00. The van der Waals surface area contributed by atoms with E-state index in [4.69, 9.17) is 5.11 Å². The molecule has 0 saturated heterocycles.